The van der Waals surface area contributed by atoms with E-state index in [9.17, 15) is 18.0 Å². The third kappa shape index (κ3) is 6.45. The number of sulfonamides is 1. The molecule has 0 saturated carbocycles. The summed E-state index contributed by atoms with van der Waals surface area (Å²) < 4.78 is 32.5. The molecule has 2 aliphatic heterocycles. The second kappa shape index (κ2) is 10.1. The van der Waals surface area contributed by atoms with Crippen LogP contribution in [0.15, 0.2) is 29.2 Å². The predicted octanol–water partition coefficient (Wildman–Crippen LogP) is 2.47. The summed E-state index contributed by atoms with van der Waals surface area (Å²) in [4.78, 5) is 26.8. The summed E-state index contributed by atoms with van der Waals surface area (Å²) in [6.45, 7) is 7.10. The lowest BCUT2D eigenvalue weighted by Crippen LogP contribution is -2.50. The van der Waals surface area contributed by atoms with Crippen LogP contribution in [0, 0.1) is 17.2 Å². The van der Waals surface area contributed by atoms with E-state index in [1.165, 1.54) is 28.6 Å². The molecule has 2 fully saturated rings. The van der Waals surface area contributed by atoms with E-state index in [-0.39, 0.29) is 41.9 Å². The summed E-state index contributed by atoms with van der Waals surface area (Å²) in [7, 11) is -3.65. The summed E-state index contributed by atoms with van der Waals surface area (Å²) in [5.41, 5.74) is -0.133. The third-order valence-corrected chi connectivity index (χ3v) is 7.85. The molecule has 10 heteroatoms. The van der Waals surface area contributed by atoms with Crippen molar-refractivity contribution in [2.75, 3.05) is 26.2 Å². The minimum atomic E-state index is -3.65. The molecular weight excluding hydrogens is 444 g/mol. The van der Waals surface area contributed by atoms with E-state index in [1.807, 2.05) is 26.8 Å². The Hall–Kier alpha value is -2.64. The topological polar surface area (TPSA) is 120 Å². The standard InChI is InChI=1S/C23H32N4O5S/c1-23(2,3)32-22(29)26-12-10-19(11-13-26)25-21(28)18-8-14-27(15-9-18)33(30,31)20-6-4-17(16-24)5-7-20/h4-7,18-19H,8-15H2,1-3H3,(H,25,28). The number of hydrogen-bond acceptors (Lipinski definition) is 6. The lowest BCUT2D eigenvalue weighted by atomic mass is 9.96. The largest absolute Gasteiger partial charge is 0.444 e. The number of nitrogens with one attached hydrogen (secondary N) is 1. The number of amides is 2. The fourth-order valence-electron chi connectivity index (χ4n) is 4.06. The van der Waals surface area contributed by atoms with Crippen LogP contribution in [0.3, 0.4) is 0 Å². The van der Waals surface area contributed by atoms with Crippen LogP contribution in [-0.4, -0.2) is 67.4 Å². The number of ether oxygens (including phenoxy) is 1. The van der Waals surface area contributed by atoms with E-state index >= 15 is 0 Å². The maximum atomic E-state index is 12.9. The third-order valence-electron chi connectivity index (χ3n) is 5.94. The average Bonchev–Trinajstić information content (AvgIpc) is 2.78. The van der Waals surface area contributed by atoms with E-state index in [4.69, 9.17) is 10.00 Å². The molecule has 2 saturated heterocycles. The number of nitrogens with zero attached hydrogens (tertiary/aromatic N) is 3. The highest BCUT2D eigenvalue weighted by atomic mass is 32.2. The van der Waals surface area contributed by atoms with Gasteiger partial charge in [0.1, 0.15) is 5.60 Å². The fraction of sp³-hybridized carbons (Fsp3) is 0.609. The molecule has 3 rings (SSSR count). The van der Waals surface area contributed by atoms with Crippen molar-refractivity contribution in [3.05, 3.63) is 29.8 Å². The van der Waals surface area contributed by atoms with Gasteiger partial charge in [-0.2, -0.15) is 9.57 Å². The van der Waals surface area contributed by atoms with Gasteiger partial charge in [0.2, 0.25) is 15.9 Å². The van der Waals surface area contributed by atoms with Crippen molar-refractivity contribution >= 4 is 22.0 Å². The molecule has 0 radical (unpaired) electrons. The zero-order valence-electron chi connectivity index (χ0n) is 19.4. The van der Waals surface area contributed by atoms with Crippen molar-refractivity contribution in [1.29, 1.82) is 5.26 Å². The number of benzene rings is 1. The van der Waals surface area contributed by atoms with E-state index in [0.717, 1.165) is 0 Å². The molecule has 1 aromatic rings. The molecule has 0 unspecified atom stereocenters. The van der Waals surface area contributed by atoms with Gasteiger partial charge in [-0.15, -0.1) is 0 Å². The van der Waals surface area contributed by atoms with Crippen LogP contribution >= 0.6 is 0 Å². The highest BCUT2D eigenvalue weighted by Gasteiger charge is 2.34. The normalized spacial score (nSPS) is 19.0. The molecule has 0 aromatic heterocycles. The minimum absolute atomic E-state index is 0.00315. The molecule has 2 aliphatic rings. The van der Waals surface area contributed by atoms with Crippen LogP contribution < -0.4 is 5.32 Å². The first-order valence-electron chi connectivity index (χ1n) is 11.3. The minimum Gasteiger partial charge on any atom is -0.444 e. The van der Waals surface area contributed by atoms with Crippen LogP contribution in [-0.2, 0) is 19.6 Å². The Morgan fingerprint density at radius 3 is 2.12 bits per heavy atom. The van der Waals surface area contributed by atoms with Gasteiger partial charge in [-0.05, 0) is 70.7 Å². The number of rotatable bonds is 4. The van der Waals surface area contributed by atoms with Crippen molar-refractivity contribution in [2.45, 2.75) is 63.0 Å². The predicted molar refractivity (Wildman–Crippen MR) is 122 cm³/mol. The zero-order valence-corrected chi connectivity index (χ0v) is 20.2. The van der Waals surface area contributed by atoms with Crippen LogP contribution in [0.2, 0.25) is 0 Å². The zero-order chi connectivity index (χ0) is 24.2. The second-order valence-electron chi connectivity index (χ2n) is 9.56. The molecule has 2 heterocycles. The maximum absolute atomic E-state index is 12.9. The van der Waals surface area contributed by atoms with Gasteiger partial charge in [-0.3, -0.25) is 4.79 Å². The molecule has 2 amide bonds. The lowest BCUT2D eigenvalue weighted by molar-refractivity contribution is -0.127. The van der Waals surface area contributed by atoms with Gasteiger partial charge in [0.15, 0.2) is 0 Å². The number of hydrogen-bond donors (Lipinski definition) is 1. The molecule has 0 atom stereocenters. The van der Waals surface area contributed by atoms with E-state index < -0.39 is 15.6 Å². The highest BCUT2D eigenvalue weighted by Crippen LogP contribution is 2.25. The Balaban J connectivity index is 1.46. The van der Waals surface area contributed by atoms with Crippen molar-refractivity contribution in [3.8, 4) is 6.07 Å². The van der Waals surface area contributed by atoms with Crippen LogP contribution in [0.5, 0.6) is 0 Å². The Morgan fingerprint density at radius 1 is 1.03 bits per heavy atom. The van der Waals surface area contributed by atoms with Gasteiger partial charge in [0, 0.05) is 38.1 Å². The first-order valence-corrected chi connectivity index (χ1v) is 12.7. The van der Waals surface area contributed by atoms with Gasteiger partial charge in [0.25, 0.3) is 0 Å². The maximum Gasteiger partial charge on any atom is 0.410 e. The van der Waals surface area contributed by atoms with Crippen LogP contribution in [0.1, 0.15) is 52.0 Å². The van der Waals surface area contributed by atoms with Gasteiger partial charge in [-0.25, -0.2) is 13.2 Å². The van der Waals surface area contributed by atoms with Crippen molar-refractivity contribution in [2.24, 2.45) is 5.92 Å². The molecule has 9 nitrogen and oxygen atoms in total. The first kappa shape index (κ1) is 25.0. The summed E-state index contributed by atoms with van der Waals surface area (Å²) >= 11 is 0. The Bertz CT molecular complexity index is 995. The SMILES string of the molecule is CC(C)(C)OC(=O)N1CCC(NC(=O)C2CCN(S(=O)(=O)c3ccc(C#N)cc3)CC2)CC1. The summed E-state index contributed by atoms with van der Waals surface area (Å²) in [5.74, 6) is -0.289. The molecule has 0 bridgehead atoms. The van der Waals surface area contributed by atoms with E-state index in [0.29, 0.717) is 44.3 Å². The van der Waals surface area contributed by atoms with Gasteiger partial charge < -0.3 is 15.0 Å². The van der Waals surface area contributed by atoms with Gasteiger partial charge >= 0.3 is 6.09 Å². The Kier molecular flexibility index (Phi) is 7.65. The van der Waals surface area contributed by atoms with Crippen LogP contribution in [0.4, 0.5) is 4.79 Å². The summed E-state index contributed by atoms with van der Waals surface area (Å²) in [5, 5.41) is 12.0. The summed E-state index contributed by atoms with van der Waals surface area (Å²) in [6.07, 6.45) is 1.91. The molecule has 1 N–H and O–H groups in total. The van der Waals surface area contributed by atoms with Gasteiger partial charge in [0.05, 0.1) is 16.5 Å². The van der Waals surface area contributed by atoms with Gasteiger partial charge in [-0.1, -0.05) is 0 Å². The molecule has 0 aliphatic carbocycles. The second-order valence-corrected chi connectivity index (χ2v) is 11.5. The number of likely N-dealkylation sites (tertiary alicyclic amines) is 1. The first-order chi connectivity index (χ1) is 15.5. The number of piperidine rings is 2. The summed E-state index contributed by atoms with van der Waals surface area (Å²) in [6, 6.07) is 7.83. The molecular formula is C23H32N4O5S. The highest BCUT2D eigenvalue weighted by molar-refractivity contribution is 7.89. The number of nitriles is 1. The fourth-order valence-corrected chi connectivity index (χ4v) is 5.53. The van der Waals surface area contributed by atoms with Crippen molar-refractivity contribution < 1.29 is 22.7 Å². The molecule has 33 heavy (non-hydrogen) atoms. The number of carbonyl (C=O) groups is 2. The Labute approximate surface area is 195 Å². The monoisotopic (exact) mass is 476 g/mol. The number of carbonyl (C=O) groups excluding carboxylic acids is 2. The smallest absolute Gasteiger partial charge is 0.410 e. The molecule has 1 aromatic carbocycles. The van der Waals surface area contributed by atoms with Crippen molar-refractivity contribution in [1.82, 2.24) is 14.5 Å². The molecule has 0 spiro atoms. The van der Waals surface area contributed by atoms with E-state index in [2.05, 4.69) is 5.32 Å². The average molecular weight is 477 g/mol. The van der Waals surface area contributed by atoms with Crippen molar-refractivity contribution in [3.63, 3.8) is 0 Å². The molecule has 180 valence electrons. The Morgan fingerprint density at radius 2 is 1.61 bits per heavy atom. The quantitative estimate of drug-likeness (QED) is 0.713. The van der Waals surface area contributed by atoms with Crippen LogP contribution in [0.25, 0.3) is 0 Å². The van der Waals surface area contributed by atoms with E-state index in [1.54, 1.807) is 4.90 Å². The lowest BCUT2D eigenvalue weighted by Gasteiger charge is -2.35.